The maximum atomic E-state index is 10.8. The Morgan fingerprint density at radius 2 is 1.70 bits per heavy atom. The second-order valence-electron chi connectivity index (χ2n) is 6.88. The lowest BCUT2D eigenvalue weighted by Gasteiger charge is -2.24. The van der Waals surface area contributed by atoms with Crippen LogP contribution in [-0.4, -0.2) is 18.9 Å². The first-order valence-corrected chi connectivity index (χ1v) is 8.37. The fraction of sp³-hybridized carbons (Fsp3) is 0.941. The molecule has 1 saturated heterocycles. The Bertz CT molecular complexity index is 273. The van der Waals surface area contributed by atoms with Gasteiger partial charge < -0.3 is 9.47 Å². The van der Waals surface area contributed by atoms with Crippen LogP contribution in [0.4, 0.5) is 4.79 Å². The van der Waals surface area contributed by atoms with E-state index in [2.05, 4.69) is 20.8 Å². The van der Waals surface area contributed by atoms with Gasteiger partial charge in [-0.25, -0.2) is 4.79 Å². The molecule has 1 aliphatic heterocycles. The van der Waals surface area contributed by atoms with Gasteiger partial charge in [-0.1, -0.05) is 59.3 Å². The number of rotatable bonds is 11. The normalized spacial score (nSPS) is 18.9. The summed E-state index contributed by atoms with van der Waals surface area (Å²) in [5, 5.41) is 0. The summed E-state index contributed by atoms with van der Waals surface area (Å²) in [5.41, 5.74) is 0.519. The van der Waals surface area contributed by atoms with E-state index in [0.717, 1.165) is 12.8 Å². The van der Waals surface area contributed by atoms with Gasteiger partial charge in [0.05, 0.1) is 0 Å². The SMILES string of the molecule is CCCCC(C)(C)CCCCCCC[C@H]1COC(=O)O1. The number of cyclic esters (lactones) is 2. The maximum absolute atomic E-state index is 10.8. The summed E-state index contributed by atoms with van der Waals surface area (Å²) in [5.74, 6) is 0. The highest BCUT2D eigenvalue weighted by Gasteiger charge is 2.23. The van der Waals surface area contributed by atoms with Crippen LogP contribution in [0.2, 0.25) is 0 Å². The van der Waals surface area contributed by atoms with E-state index in [0.29, 0.717) is 12.0 Å². The minimum absolute atomic E-state index is 0.00970. The van der Waals surface area contributed by atoms with Crippen molar-refractivity contribution in [1.82, 2.24) is 0 Å². The largest absolute Gasteiger partial charge is 0.508 e. The topological polar surface area (TPSA) is 35.5 Å². The number of hydrogen-bond donors (Lipinski definition) is 0. The average molecular weight is 284 g/mol. The maximum Gasteiger partial charge on any atom is 0.508 e. The number of hydrogen-bond acceptors (Lipinski definition) is 3. The summed E-state index contributed by atoms with van der Waals surface area (Å²) in [6.45, 7) is 7.52. The fourth-order valence-electron chi connectivity index (χ4n) is 2.79. The van der Waals surface area contributed by atoms with Crippen LogP contribution in [0, 0.1) is 5.41 Å². The predicted molar refractivity (Wildman–Crippen MR) is 81.8 cm³/mol. The van der Waals surface area contributed by atoms with Crippen LogP contribution in [0.5, 0.6) is 0 Å². The molecule has 0 saturated carbocycles. The van der Waals surface area contributed by atoms with E-state index in [1.54, 1.807) is 0 Å². The minimum Gasteiger partial charge on any atom is -0.430 e. The Hall–Kier alpha value is -0.730. The van der Waals surface area contributed by atoms with E-state index in [1.165, 1.54) is 51.4 Å². The molecule has 0 aliphatic carbocycles. The highest BCUT2D eigenvalue weighted by atomic mass is 16.8. The van der Waals surface area contributed by atoms with Crippen LogP contribution in [0.25, 0.3) is 0 Å². The van der Waals surface area contributed by atoms with Gasteiger partial charge in [0.1, 0.15) is 12.7 Å². The number of carbonyl (C=O) groups excluding carboxylic acids is 1. The second kappa shape index (κ2) is 9.25. The van der Waals surface area contributed by atoms with Gasteiger partial charge in [0.25, 0.3) is 0 Å². The van der Waals surface area contributed by atoms with E-state index in [9.17, 15) is 4.79 Å². The van der Waals surface area contributed by atoms with Gasteiger partial charge >= 0.3 is 6.16 Å². The second-order valence-corrected chi connectivity index (χ2v) is 6.88. The van der Waals surface area contributed by atoms with Crippen LogP contribution in [0.1, 0.15) is 85.0 Å². The van der Waals surface area contributed by atoms with Gasteiger partial charge in [0.15, 0.2) is 0 Å². The number of unbranched alkanes of at least 4 members (excludes halogenated alkanes) is 5. The third-order valence-electron chi connectivity index (χ3n) is 4.24. The molecule has 20 heavy (non-hydrogen) atoms. The molecule has 0 spiro atoms. The van der Waals surface area contributed by atoms with Gasteiger partial charge in [-0.05, 0) is 31.1 Å². The molecular weight excluding hydrogens is 252 g/mol. The van der Waals surface area contributed by atoms with Crippen molar-refractivity contribution in [3.8, 4) is 0 Å². The highest BCUT2D eigenvalue weighted by molar-refractivity contribution is 5.61. The van der Waals surface area contributed by atoms with Crippen molar-refractivity contribution in [3.05, 3.63) is 0 Å². The van der Waals surface area contributed by atoms with Gasteiger partial charge in [-0.15, -0.1) is 0 Å². The van der Waals surface area contributed by atoms with Crippen molar-refractivity contribution in [1.29, 1.82) is 0 Å². The van der Waals surface area contributed by atoms with Crippen LogP contribution in [-0.2, 0) is 9.47 Å². The van der Waals surface area contributed by atoms with E-state index in [1.807, 2.05) is 0 Å². The van der Waals surface area contributed by atoms with Crippen LogP contribution < -0.4 is 0 Å². The van der Waals surface area contributed by atoms with E-state index >= 15 is 0 Å². The van der Waals surface area contributed by atoms with E-state index in [-0.39, 0.29) is 6.10 Å². The van der Waals surface area contributed by atoms with Crippen LogP contribution in [0.3, 0.4) is 0 Å². The lowest BCUT2D eigenvalue weighted by Crippen LogP contribution is -2.11. The van der Waals surface area contributed by atoms with Gasteiger partial charge in [0.2, 0.25) is 0 Å². The monoisotopic (exact) mass is 284 g/mol. The van der Waals surface area contributed by atoms with E-state index in [4.69, 9.17) is 9.47 Å². The molecule has 118 valence electrons. The highest BCUT2D eigenvalue weighted by Crippen LogP contribution is 2.30. The summed E-state index contributed by atoms with van der Waals surface area (Å²) in [6.07, 6.45) is 12.2. The van der Waals surface area contributed by atoms with Crippen molar-refractivity contribution in [2.45, 2.75) is 91.1 Å². The van der Waals surface area contributed by atoms with Crippen LogP contribution >= 0.6 is 0 Å². The molecule has 0 radical (unpaired) electrons. The summed E-state index contributed by atoms with van der Waals surface area (Å²) < 4.78 is 9.78. The molecule has 1 heterocycles. The van der Waals surface area contributed by atoms with Crippen LogP contribution in [0.15, 0.2) is 0 Å². The smallest absolute Gasteiger partial charge is 0.430 e. The quantitative estimate of drug-likeness (QED) is 0.373. The Morgan fingerprint density at radius 3 is 2.35 bits per heavy atom. The molecule has 3 nitrogen and oxygen atoms in total. The molecular formula is C17H32O3. The zero-order chi connectivity index (χ0) is 14.8. The lowest BCUT2D eigenvalue weighted by molar-refractivity contribution is 0.115. The molecule has 1 rings (SSSR count). The molecule has 0 bridgehead atoms. The van der Waals surface area contributed by atoms with E-state index < -0.39 is 6.16 Å². The summed E-state index contributed by atoms with van der Waals surface area (Å²) in [6, 6.07) is 0. The van der Waals surface area contributed by atoms with Crippen molar-refractivity contribution in [2.75, 3.05) is 6.61 Å². The predicted octanol–water partition coefficient (Wildman–Crippen LogP) is 5.47. The van der Waals surface area contributed by atoms with Gasteiger partial charge in [-0.3, -0.25) is 0 Å². The Morgan fingerprint density at radius 1 is 1.05 bits per heavy atom. The number of carbonyl (C=O) groups is 1. The summed E-state index contributed by atoms with van der Waals surface area (Å²) >= 11 is 0. The van der Waals surface area contributed by atoms with Crippen molar-refractivity contribution in [3.63, 3.8) is 0 Å². The molecule has 0 unspecified atom stereocenters. The summed E-state index contributed by atoms with van der Waals surface area (Å²) in [4.78, 5) is 10.8. The molecule has 1 fully saturated rings. The Balaban J connectivity index is 1.90. The molecule has 0 N–H and O–H groups in total. The molecule has 0 aromatic carbocycles. The molecule has 1 atom stereocenters. The lowest BCUT2D eigenvalue weighted by atomic mass is 9.82. The van der Waals surface area contributed by atoms with Crippen molar-refractivity contribution >= 4 is 6.16 Å². The molecule has 3 heteroatoms. The van der Waals surface area contributed by atoms with Gasteiger partial charge in [0, 0.05) is 0 Å². The molecule has 1 aliphatic rings. The average Bonchev–Trinajstić information content (AvgIpc) is 2.81. The van der Waals surface area contributed by atoms with Gasteiger partial charge in [-0.2, -0.15) is 0 Å². The Kier molecular flexibility index (Phi) is 8.01. The Labute approximate surface area is 124 Å². The molecule has 0 amide bonds. The first-order valence-electron chi connectivity index (χ1n) is 8.37. The van der Waals surface area contributed by atoms with Crippen molar-refractivity contribution < 1.29 is 14.3 Å². The first-order chi connectivity index (χ1) is 9.53. The number of ether oxygens (including phenoxy) is 2. The molecule has 0 aromatic heterocycles. The van der Waals surface area contributed by atoms with Crippen molar-refractivity contribution in [2.24, 2.45) is 5.41 Å². The first kappa shape index (κ1) is 17.3. The summed E-state index contributed by atoms with van der Waals surface area (Å²) in [7, 11) is 0. The third kappa shape index (κ3) is 7.76. The zero-order valence-corrected chi connectivity index (χ0v) is 13.6. The zero-order valence-electron chi connectivity index (χ0n) is 13.6. The minimum atomic E-state index is -0.496. The fourth-order valence-corrected chi connectivity index (χ4v) is 2.79. The third-order valence-corrected chi connectivity index (χ3v) is 4.24. The standard InChI is InChI=1S/C17H32O3/c1-4-5-12-17(2,3)13-10-8-6-7-9-11-15-14-19-16(18)20-15/h15H,4-14H2,1-3H3/t15-/m0/s1. The molecule has 0 aromatic rings.